The summed E-state index contributed by atoms with van der Waals surface area (Å²) in [4.78, 5) is 11.2. The van der Waals surface area contributed by atoms with E-state index in [4.69, 9.17) is 9.47 Å². The fourth-order valence-corrected chi connectivity index (χ4v) is 2.39. The molecule has 106 valence electrons. The molecule has 0 N–H and O–H groups in total. The first-order valence-corrected chi connectivity index (χ1v) is 6.13. The van der Waals surface area contributed by atoms with E-state index in [0.717, 1.165) is 17.7 Å². The minimum atomic E-state index is -4.46. The van der Waals surface area contributed by atoms with Crippen LogP contribution in [0.15, 0.2) is 42.5 Å². The standard InChI is InChI=1S/C14H11F3O3/c15-14(16,17)9-6-7-10(18)19-12(9)13-11(20-13)8-4-2-1-3-5-8/h1-7,9,11-13H/t9-,11+,12-,13-/m1/s1. The van der Waals surface area contributed by atoms with Gasteiger partial charge in [0.05, 0.1) is 0 Å². The highest BCUT2D eigenvalue weighted by Crippen LogP contribution is 2.47. The van der Waals surface area contributed by atoms with Crippen LogP contribution in [0.2, 0.25) is 0 Å². The zero-order valence-electron chi connectivity index (χ0n) is 10.2. The molecule has 3 rings (SSSR count). The number of carbonyl (C=O) groups is 1. The Kier molecular flexibility index (Phi) is 3.05. The highest BCUT2D eigenvalue weighted by molar-refractivity contribution is 5.83. The molecule has 0 amide bonds. The third kappa shape index (κ3) is 2.43. The van der Waals surface area contributed by atoms with Crippen LogP contribution < -0.4 is 0 Å². The van der Waals surface area contributed by atoms with Gasteiger partial charge < -0.3 is 9.47 Å². The normalized spacial score (nSPS) is 32.9. The van der Waals surface area contributed by atoms with Crippen molar-refractivity contribution in [1.29, 1.82) is 0 Å². The molecule has 1 saturated heterocycles. The zero-order valence-corrected chi connectivity index (χ0v) is 10.2. The number of hydrogen-bond acceptors (Lipinski definition) is 3. The Bertz CT molecular complexity index is 538. The maximum absolute atomic E-state index is 12.9. The molecular weight excluding hydrogens is 273 g/mol. The number of halogens is 3. The molecule has 4 atom stereocenters. The lowest BCUT2D eigenvalue weighted by atomic mass is 9.93. The van der Waals surface area contributed by atoms with Crippen molar-refractivity contribution in [2.24, 2.45) is 5.92 Å². The second-order valence-corrected chi connectivity index (χ2v) is 4.76. The van der Waals surface area contributed by atoms with Crippen LogP contribution in [0.3, 0.4) is 0 Å². The second-order valence-electron chi connectivity index (χ2n) is 4.76. The largest absolute Gasteiger partial charge is 0.455 e. The molecule has 1 fully saturated rings. The number of hydrogen-bond donors (Lipinski definition) is 0. The van der Waals surface area contributed by atoms with Gasteiger partial charge in [0.15, 0.2) is 0 Å². The zero-order chi connectivity index (χ0) is 14.3. The van der Waals surface area contributed by atoms with Crippen LogP contribution >= 0.6 is 0 Å². The molecule has 0 aliphatic carbocycles. The fraction of sp³-hybridized carbons (Fsp3) is 0.357. The lowest BCUT2D eigenvalue weighted by Crippen LogP contribution is -2.41. The quantitative estimate of drug-likeness (QED) is 0.619. The second kappa shape index (κ2) is 4.63. The molecule has 0 radical (unpaired) electrons. The van der Waals surface area contributed by atoms with Crippen LogP contribution in [0.4, 0.5) is 13.2 Å². The molecule has 0 bridgehead atoms. The number of benzene rings is 1. The molecule has 6 heteroatoms. The number of epoxide rings is 1. The number of esters is 1. The van der Waals surface area contributed by atoms with E-state index in [2.05, 4.69) is 0 Å². The van der Waals surface area contributed by atoms with Crippen LogP contribution in [0.25, 0.3) is 0 Å². The summed E-state index contributed by atoms with van der Waals surface area (Å²) in [5.74, 6) is -2.59. The summed E-state index contributed by atoms with van der Waals surface area (Å²) in [6, 6.07) is 8.91. The smallest absolute Gasteiger partial charge is 0.398 e. The van der Waals surface area contributed by atoms with E-state index >= 15 is 0 Å². The number of rotatable bonds is 2. The molecule has 1 aromatic carbocycles. The summed E-state index contributed by atoms with van der Waals surface area (Å²) < 4.78 is 48.9. The SMILES string of the molecule is O=C1C=C[C@@H](C(F)(F)F)[C@H]([C@@H]2O[C@H]2c2ccccc2)O1. The molecule has 0 unspecified atom stereocenters. The Labute approximate surface area is 113 Å². The third-order valence-corrected chi connectivity index (χ3v) is 3.40. The van der Waals surface area contributed by atoms with Gasteiger partial charge in [0.25, 0.3) is 0 Å². The third-order valence-electron chi connectivity index (χ3n) is 3.40. The van der Waals surface area contributed by atoms with Gasteiger partial charge in [-0.3, -0.25) is 0 Å². The summed E-state index contributed by atoms with van der Waals surface area (Å²) in [5, 5.41) is 0. The molecule has 2 aliphatic heterocycles. The highest BCUT2D eigenvalue weighted by atomic mass is 19.4. The predicted molar refractivity (Wildman–Crippen MR) is 62.6 cm³/mol. The predicted octanol–water partition coefficient (Wildman–Crippen LogP) is 2.79. The lowest BCUT2D eigenvalue weighted by molar-refractivity contribution is -0.199. The Morgan fingerprint density at radius 1 is 1.05 bits per heavy atom. The van der Waals surface area contributed by atoms with Crippen molar-refractivity contribution >= 4 is 5.97 Å². The van der Waals surface area contributed by atoms with Crippen molar-refractivity contribution in [2.45, 2.75) is 24.5 Å². The minimum Gasteiger partial charge on any atom is -0.455 e. The fourth-order valence-electron chi connectivity index (χ4n) is 2.39. The van der Waals surface area contributed by atoms with E-state index in [1.54, 1.807) is 24.3 Å². The van der Waals surface area contributed by atoms with Gasteiger partial charge in [-0.25, -0.2) is 4.79 Å². The van der Waals surface area contributed by atoms with Crippen LogP contribution in [-0.4, -0.2) is 24.4 Å². The lowest BCUT2D eigenvalue weighted by Gasteiger charge is -2.28. The molecule has 0 aromatic heterocycles. The summed E-state index contributed by atoms with van der Waals surface area (Å²) in [7, 11) is 0. The Hall–Kier alpha value is -1.82. The van der Waals surface area contributed by atoms with Gasteiger partial charge in [0.1, 0.15) is 24.2 Å². The van der Waals surface area contributed by atoms with Crippen molar-refractivity contribution in [1.82, 2.24) is 0 Å². The Morgan fingerprint density at radius 2 is 1.75 bits per heavy atom. The highest BCUT2D eigenvalue weighted by Gasteiger charge is 2.57. The van der Waals surface area contributed by atoms with E-state index < -0.39 is 36.4 Å². The first kappa shape index (κ1) is 13.2. The first-order chi connectivity index (χ1) is 9.47. The van der Waals surface area contributed by atoms with Crippen molar-refractivity contribution in [3.8, 4) is 0 Å². The number of ether oxygens (including phenoxy) is 2. The van der Waals surface area contributed by atoms with Crippen LogP contribution in [0, 0.1) is 5.92 Å². The molecular formula is C14H11F3O3. The maximum atomic E-state index is 12.9. The van der Waals surface area contributed by atoms with Gasteiger partial charge in [-0.2, -0.15) is 13.2 Å². The molecule has 0 saturated carbocycles. The van der Waals surface area contributed by atoms with Gasteiger partial charge >= 0.3 is 12.1 Å². The number of alkyl halides is 3. The van der Waals surface area contributed by atoms with Crippen LogP contribution in [0.1, 0.15) is 11.7 Å². The van der Waals surface area contributed by atoms with Crippen molar-refractivity contribution in [3.63, 3.8) is 0 Å². The molecule has 1 aromatic rings. The molecule has 0 spiro atoms. The minimum absolute atomic E-state index is 0.453. The molecule has 3 nitrogen and oxygen atoms in total. The topological polar surface area (TPSA) is 38.8 Å². The summed E-state index contributed by atoms with van der Waals surface area (Å²) in [6.07, 6.45) is -5.33. The first-order valence-electron chi connectivity index (χ1n) is 6.13. The van der Waals surface area contributed by atoms with Gasteiger partial charge in [0, 0.05) is 6.08 Å². The van der Waals surface area contributed by atoms with E-state index in [-0.39, 0.29) is 0 Å². The number of carbonyl (C=O) groups excluding carboxylic acids is 1. The van der Waals surface area contributed by atoms with Crippen LogP contribution in [-0.2, 0) is 14.3 Å². The number of cyclic esters (lactones) is 1. The molecule has 20 heavy (non-hydrogen) atoms. The van der Waals surface area contributed by atoms with E-state index in [0.29, 0.717) is 0 Å². The average molecular weight is 284 g/mol. The van der Waals surface area contributed by atoms with Crippen molar-refractivity contribution in [2.75, 3.05) is 0 Å². The summed E-state index contributed by atoms with van der Waals surface area (Å²) in [6.45, 7) is 0. The molecule has 2 aliphatic rings. The summed E-state index contributed by atoms with van der Waals surface area (Å²) >= 11 is 0. The van der Waals surface area contributed by atoms with Gasteiger partial charge in [-0.1, -0.05) is 36.4 Å². The summed E-state index contributed by atoms with van der Waals surface area (Å²) in [5.41, 5.74) is 0.782. The average Bonchev–Trinajstić information content (AvgIpc) is 3.18. The van der Waals surface area contributed by atoms with E-state index in [1.807, 2.05) is 6.07 Å². The van der Waals surface area contributed by atoms with Gasteiger partial charge in [0.2, 0.25) is 0 Å². The van der Waals surface area contributed by atoms with Gasteiger partial charge in [-0.15, -0.1) is 0 Å². The maximum Gasteiger partial charge on any atom is 0.398 e. The van der Waals surface area contributed by atoms with Gasteiger partial charge in [-0.05, 0) is 5.56 Å². The molecule has 2 heterocycles. The van der Waals surface area contributed by atoms with E-state index in [1.165, 1.54) is 0 Å². The Morgan fingerprint density at radius 3 is 2.40 bits per heavy atom. The van der Waals surface area contributed by atoms with Crippen LogP contribution in [0.5, 0.6) is 0 Å². The monoisotopic (exact) mass is 284 g/mol. The van der Waals surface area contributed by atoms with E-state index in [9.17, 15) is 18.0 Å². The van der Waals surface area contributed by atoms with Crippen molar-refractivity contribution in [3.05, 3.63) is 48.0 Å². The Balaban J connectivity index is 1.80. The van der Waals surface area contributed by atoms with Crippen molar-refractivity contribution < 1.29 is 27.4 Å².